The number of piperazine rings is 1. The zero-order valence-electron chi connectivity index (χ0n) is 14.3. The number of benzene rings is 1. The number of nitrogens with zero attached hydrogens (tertiary/aromatic N) is 2. The maximum Gasteiger partial charge on any atom is 0.159 e. The number of hydrogen-bond acceptors (Lipinski definition) is 3. The van der Waals surface area contributed by atoms with Crippen molar-refractivity contribution < 1.29 is 8.78 Å². The van der Waals surface area contributed by atoms with Crippen molar-refractivity contribution in [3.05, 3.63) is 35.4 Å². The number of unbranched alkanes of at least 4 members (excludes halogenated alkanes) is 1. The normalized spacial score (nSPS) is 17.6. The van der Waals surface area contributed by atoms with Gasteiger partial charge in [-0.15, -0.1) is 0 Å². The lowest BCUT2D eigenvalue weighted by molar-refractivity contribution is 0.132. The van der Waals surface area contributed by atoms with Crippen LogP contribution in [0.3, 0.4) is 0 Å². The van der Waals surface area contributed by atoms with Gasteiger partial charge < -0.3 is 5.32 Å². The molecular formula is C18H29F2N3. The van der Waals surface area contributed by atoms with E-state index in [4.69, 9.17) is 0 Å². The molecule has 2 rings (SSSR count). The van der Waals surface area contributed by atoms with Gasteiger partial charge in [0.2, 0.25) is 0 Å². The molecule has 1 saturated heterocycles. The summed E-state index contributed by atoms with van der Waals surface area (Å²) in [4.78, 5) is 4.80. The Morgan fingerprint density at radius 1 is 1.17 bits per heavy atom. The molecule has 1 heterocycles. The molecule has 130 valence electrons. The van der Waals surface area contributed by atoms with E-state index < -0.39 is 11.6 Å². The van der Waals surface area contributed by atoms with Crippen LogP contribution in [-0.2, 0) is 0 Å². The minimum absolute atomic E-state index is 0.111. The second-order valence-corrected chi connectivity index (χ2v) is 6.22. The maximum absolute atomic E-state index is 13.7. The first-order valence-corrected chi connectivity index (χ1v) is 8.77. The van der Waals surface area contributed by atoms with Gasteiger partial charge in [0.05, 0.1) is 0 Å². The Morgan fingerprint density at radius 2 is 1.91 bits per heavy atom. The van der Waals surface area contributed by atoms with Gasteiger partial charge in [0.25, 0.3) is 0 Å². The highest BCUT2D eigenvalue weighted by Gasteiger charge is 2.23. The SMILES string of the molecule is CCCCN(CC)C(CN1CCNCC1)c1ccc(F)c(F)c1. The number of nitrogens with one attached hydrogen (secondary N) is 1. The van der Waals surface area contributed by atoms with Crippen LogP contribution in [0.25, 0.3) is 0 Å². The van der Waals surface area contributed by atoms with Gasteiger partial charge in [-0.25, -0.2) is 8.78 Å². The van der Waals surface area contributed by atoms with Gasteiger partial charge in [0, 0.05) is 38.8 Å². The molecule has 1 aromatic rings. The van der Waals surface area contributed by atoms with Gasteiger partial charge in [0.1, 0.15) is 0 Å². The highest BCUT2D eigenvalue weighted by Crippen LogP contribution is 2.24. The molecule has 0 saturated carbocycles. The van der Waals surface area contributed by atoms with Crippen molar-refractivity contribution in [2.24, 2.45) is 0 Å². The van der Waals surface area contributed by atoms with Crippen molar-refractivity contribution in [1.82, 2.24) is 15.1 Å². The van der Waals surface area contributed by atoms with Crippen molar-refractivity contribution in [3.8, 4) is 0 Å². The van der Waals surface area contributed by atoms with Crippen LogP contribution in [0.4, 0.5) is 8.78 Å². The van der Waals surface area contributed by atoms with Crippen LogP contribution in [0.5, 0.6) is 0 Å². The standard InChI is InChI=1S/C18H29F2N3/c1-3-5-10-23(4-2)18(14-22-11-8-21-9-12-22)15-6-7-16(19)17(20)13-15/h6-7,13,18,21H,3-5,8-12,14H2,1-2H3. The van der Waals surface area contributed by atoms with Gasteiger partial charge in [-0.2, -0.15) is 0 Å². The largest absolute Gasteiger partial charge is 0.314 e. The summed E-state index contributed by atoms with van der Waals surface area (Å²) in [5.41, 5.74) is 0.875. The number of halogens is 2. The first kappa shape index (κ1) is 18.3. The number of hydrogen-bond donors (Lipinski definition) is 1. The molecule has 0 amide bonds. The topological polar surface area (TPSA) is 18.5 Å². The van der Waals surface area contributed by atoms with Crippen molar-refractivity contribution in [1.29, 1.82) is 0 Å². The lowest BCUT2D eigenvalue weighted by atomic mass is 10.0. The predicted molar refractivity (Wildman–Crippen MR) is 90.6 cm³/mol. The minimum atomic E-state index is -0.772. The van der Waals surface area contributed by atoms with Crippen molar-refractivity contribution in [2.45, 2.75) is 32.7 Å². The maximum atomic E-state index is 13.7. The van der Waals surface area contributed by atoms with E-state index >= 15 is 0 Å². The van der Waals surface area contributed by atoms with Crippen LogP contribution in [0.2, 0.25) is 0 Å². The molecule has 1 fully saturated rings. The summed E-state index contributed by atoms with van der Waals surface area (Å²) in [6.07, 6.45) is 2.25. The smallest absolute Gasteiger partial charge is 0.159 e. The molecule has 1 aromatic carbocycles. The van der Waals surface area contributed by atoms with Crippen LogP contribution in [-0.4, -0.2) is 55.6 Å². The molecule has 23 heavy (non-hydrogen) atoms. The molecule has 0 bridgehead atoms. The third-order valence-corrected chi connectivity index (χ3v) is 4.62. The van der Waals surface area contributed by atoms with Crippen LogP contribution >= 0.6 is 0 Å². The molecular weight excluding hydrogens is 296 g/mol. The molecule has 1 unspecified atom stereocenters. The molecule has 1 aliphatic rings. The molecule has 1 N–H and O–H groups in total. The fourth-order valence-electron chi connectivity index (χ4n) is 3.19. The Hall–Kier alpha value is -1.04. The molecule has 0 aromatic heterocycles. The third-order valence-electron chi connectivity index (χ3n) is 4.62. The van der Waals surface area contributed by atoms with Crippen molar-refractivity contribution in [3.63, 3.8) is 0 Å². The average Bonchev–Trinajstić information content (AvgIpc) is 2.58. The van der Waals surface area contributed by atoms with Gasteiger partial charge in [-0.1, -0.05) is 26.3 Å². The molecule has 5 heteroatoms. The van der Waals surface area contributed by atoms with E-state index in [0.29, 0.717) is 0 Å². The van der Waals surface area contributed by atoms with Crippen molar-refractivity contribution in [2.75, 3.05) is 45.8 Å². The Bertz CT molecular complexity index is 475. The average molecular weight is 325 g/mol. The Labute approximate surface area is 138 Å². The van der Waals surface area contributed by atoms with E-state index in [-0.39, 0.29) is 6.04 Å². The highest BCUT2D eigenvalue weighted by molar-refractivity contribution is 5.22. The summed E-state index contributed by atoms with van der Waals surface area (Å²) in [6.45, 7) is 11.1. The minimum Gasteiger partial charge on any atom is -0.314 e. The fraction of sp³-hybridized carbons (Fsp3) is 0.667. The van der Waals surface area contributed by atoms with E-state index in [0.717, 1.165) is 64.2 Å². The lowest BCUT2D eigenvalue weighted by Crippen LogP contribution is -2.47. The Balaban J connectivity index is 2.19. The summed E-state index contributed by atoms with van der Waals surface area (Å²) in [5.74, 6) is -1.52. The van der Waals surface area contributed by atoms with Crippen LogP contribution in [0.1, 0.15) is 38.3 Å². The third kappa shape index (κ3) is 5.23. The Morgan fingerprint density at radius 3 is 2.52 bits per heavy atom. The Kier molecular flexibility index (Phi) is 7.40. The van der Waals surface area contributed by atoms with E-state index in [2.05, 4.69) is 29.0 Å². The zero-order chi connectivity index (χ0) is 16.7. The second-order valence-electron chi connectivity index (χ2n) is 6.22. The molecule has 1 atom stereocenters. The van der Waals surface area contributed by atoms with E-state index in [1.54, 1.807) is 6.07 Å². The molecule has 3 nitrogen and oxygen atoms in total. The lowest BCUT2D eigenvalue weighted by Gasteiger charge is -2.37. The van der Waals surface area contributed by atoms with E-state index in [1.807, 2.05) is 0 Å². The van der Waals surface area contributed by atoms with Gasteiger partial charge in [-0.05, 0) is 37.2 Å². The fourth-order valence-corrected chi connectivity index (χ4v) is 3.19. The monoisotopic (exact) mass is 325 g/mol. The number of likely N-dealkylation sites (N-methyl/N-ethyl adjacent to an activating group) is 1. The molecule has 1 aliphatic heterocycles. The number of rotatable bonds is 8. The van der Waals surface area contributed by atoms with Crippen LogP contribution in [0.15, 0.2) is 18.2 Å². The van der Waals surface area contributed by atoms with Crippen molar-refractivity contribution >= 4 is 0 Å². The van der Waals surface area contributed by atoms with Crippen LogP contribution in [0, 0.1) is 11.6 Å². The molecule has 0 spiro atoms. The highest BCUT2D eigenvalue weighted by atomic mass is 19.2. The predicted octanol–water partition coefficient (Wildman–Crippen LogP) is 3.03. The first-order valence-electron chi connectivity index (χ1n) is 8.77. The quantitative estimate of drug-likeness (QED) is 0.792. The first-order chi connectivity index (χ1) is 11.2. The van der Waals surface area contributed by atoms with Gasteiger partial charge >= 0.3 is 0 Å². The summed E-state index contributed by atoms with van der Waals surface area (Å²) in [5, 5.41) is 3.36. The van der Waals surface area contributed by atoms with Gasteiger partial charge in [0.15, 0.2) is 11.6 Å². The summed E-state index contributed by atoms with van der Waals surface area (Å²) in [7, 11) is 0. The van der Waals surface area contributed by atoms with E-state index in [9.17, 15) is 8.78 Å². The summed E-state index contributed by atoms with van der Waals surface area (Å²) >= 11 is 0. The molecule has 0 aliphatic carbocycles. The van der Waals surface area contributed by atoms with E-state index in [1.165, 1.54) is 12.1 Å². The summed E-state index contributed by atoms with van der Waals surface area (Å²) < 4.78 is 27.0. The zero-order valence-corrected chi connectivity index (χ0v) is 14.3. The summed E-state index contributed by atoms with van der Waals surface area (Å²) in [6, 6.07) is 4.47. The molecule has 0 radical (unpaired) electrons. The van der Waals surface area contributed by atoms with Gasteiger partial charge in [-0.3, -0.25) is 9.80 Å². The van der Waals surface area contributed by atoms with Crippen LogP contribution < -0.4 is 5.32 Å². The second kappa shape index (κ2) is 9.30.